The maximum atomic E-state index is 4.09. The highest BCUT2D eigenvalue weighted by atomic mass is 15.1. The van der Waals surface area contributed by atoms with Crippen LogP contribution < -0.4 is 10.6 Å². The molecule has 0 aromatic heterocycles. The van der Waals surface area contributed by atoms with Gasteiger partial charge < -0.3 is 10.6 Å². The zero-order chi connectivity index (χ0) is 17.2. The summed E-state index contributed by atoms with van der Waals surface area (Å²) in [5.74, 6) is 0. The molecule has 0 atom stereocenters. The molecule has 0 amide bonds. The summed E-state index contributed by atoms with van der Waals surface area (Å²) in [6.45, 7) is 14.0. The van der Waals surface area contributed by atoms with Crippen LogP contribution in [-0.2, 0) is 0 Å². The normalized spacial score (nSPS) is 25.3. The van der Waals surface area contributed by atoms with Crippen molar-refractivity contribution in [2.75, 3.05) is 0 Å². The Balaban J connectivity index is 2.22. The van der Waals surface area contributed by atoms with E-state index < -0.39 is 0 Å². The molecule has 0 heterocycles. The summed E-state index contributed by atoms with van der Waals surface area (Å²) in [5.41, 5.74) is 1.09. The lowest BCUT2D eigenvalue weighted by Gasteiger charge is -2.52. The zero-order valence-electron chi connectivity index (χ0n) is 16.8. The fourth-order valence-corrected chi connectivity index (χ4v) is 5.39. The number of hydrogen-bond acceptors (Lipinski definition) is 2. The van der Waals surface area contributed by atoms with Crippen LogP contribution in [0.2, 0.25) is 0 Å². The van der Waals surface area contributed by atoms with E-state index in [1.807, 2.05) is 0 Å². The van der Waals surface area contributed by atoms with Crippen molar-refractivity contribution >= 4 is 0 Å². The standard InChI is InChI=1S/C21H42N2/c1-18(2,3)22-20(13-9-7-10-14-20)17-21(23-19(4,5)6)15-11-8-12-16-21/h22-23H,7-17H2,1-6H3. The van der Waals surface area contributed by atoms with E-state index in [-0.39, 0.29) is 11.1 Å². The van der Waals surface area contributed by atoms with Crippen molar-refractivity contribution in [3.05, 3.63) is 0 Å². The highest BCUT2D eigenvalue weighted by Gasteiger charge is 2.44. The third-order valence-corrected chi connectivity index (χ3v) is 5.58. The first kappa shape index (κ1) is 19.2. The van der Waals surface area contributed by atoms with E-state index in [1.165, 1.54) is 70.6 Å². The second kappa shape index (κ2) is 7.04. The molecule has 2 heteroatoms. The molecule has 2 fully saturated rings. The Labute approximate surface area is 145 Å². The lowest BCUT2D eigenvalue weighted by Crippen LogP contribution is -2.64. The first-order valence-corrected chi connectivity index (χ1v) is 10.1. The molecular formula is C21H42N2. The van der Waals surface area contributed by atoms with Crippen LogP contribution >= 0.6 is 0 Å². The van der Waals surface area contributed by atoms with E-state index in [1.54, 1.807) is 0 Å². The Hall–Kier alpha value is -0.0800. The van der Waals surface area contributed by atoms with Gasteiger partial charge in [-0.2, -0.15) is 0 Å². The average molecular weight is 323 g/mol. The summed E-state index contributed by atoms with van der Waals surface area (Å²) in [6.07, 6.45) is 15.2. The van der Waals surface area contributed by atoms with Crippen molar-refractivity contribution in [2.24, 2.45) is 0 Å². The third-order valence-electron chi connectivity index (χ3n) is 5.58. The van der Waals surface area contributed by atoms with Crippen molar-refractivity contribution in [2.45, 2.75) is 134 Å². The smallest absolute Gasteiger partial charge is 0.0203 e. The van der Waals surface area contributed by atoms with Crippen molar-refractivity contribution in [3.8, 4) is 0 Å². The summed E-state index contributed by atoms with van der Waals surface area (Å²) < 4.78 is 0. The number of hydrogen-bond donors (Lipinski definition) is 2. The van der Waals surface area contributed by atoms with Gasteiger partial charge in [0.1, 0.15) is 0 Å². The molecule has 0 aromatic carbocycles. The minimum Gasteiger partial charge on any atom is -0.307 e. The molecule has 2 rings (SSSR count). The minimum atomic E-state index is 0.203. The van der Waals surface area contributed by atoms with E-state index in [4.69, 9.17) is 0 Å². The fourth-order valence-electron chi connectivity index (χ4n) is 5.39. The van der Waals surface area contributed by atoms with Gasteiger partial charge in [-0.3, -0.25) is 0 Å². The summed E-state index contributed by atoms with van der Waals surface area (Å²) in [7, 11) is 0. The lowest BCUT2D eigenvalue weighted by atomic mass is 9.67. The fraction of sp³-hybridized carbons (Fsp3) is 1.00. The molecule has 2 aliphatic carbocycles. The van der Waals surface area contributed by atoms with Gasteiger partial charge in [0, 0.05) is 22.2 Å². The third kappa shape index (κ3) is 6.05. The number of nitrogens with one attached hydrogen (secondary N) is 2. The van der Waals surface area contributed by atoms with Crippen LogP contribution in [0.4, 0.5) is 0 Å². The van der Waals surface area contributed by atoms with Gasteiger partial charge >= 0.3 is 0 Å². The Morgan fingerprint density at radius 3 is 1.13 bits per heavy atom. The Kier molecular flexibility index (Phi) is 5.89. The first-order valence-electron chi connectivity index (χ1n) is 10.1. The van der Waals surface area contributed by atoms with Gasteiger partial charge in [0.05, 0.1) is 0 Å². The summed E-state index contributed by atoms with van der Waals surface area (Å²) in [4.78, 5) is 0. The molecule has 0 bridgehead atoms. The molecule has 0 aromatic rings. The van der Waals surface area contributed by atoms with Gasteiger partial charge in [-0.1, -0.05) is 38.5 Å². The molecule has 0 saturated heterocycles. The quantitative estimate of drug-likeness (QED) is 0.708. The van der Waals surface area contributed by atoms with Gasteiger partial charge in [0.2, 0.25) is 0 Å². The largest absolute Gasteiger partial charge is 0.307 e. The van der Waals surface area contributed by atoms with Crippen molar-refractivity contribution in [1.29, 1.82) is 0 Å². The summed E-state index contributed by atoms with van der Waals surface area (Å²) in [5, 5.41) is 8.18. The van der Waals surface area contributed by atoms with Crippen LogP contribution in [0.25, 0.3) is 0 Å². The zero-order valence-corrected chi connectivity index (χ0v) is 16.8. The molecule has 0 aliphatic heterocycles. The topological polar surface area (TPSA) is 24.1 Å². The minimum absolute atomic E-state index is 0.203. The summed E-state index contributed by atoms with van der Waals surface area (Å²) >= 11 is 0. The Morgan fingerprint density at radius 1 is 0.565 bits per heavy atom. The first-order chi connectivity index (χ1) is 10.5. The molecule has 23 heavy (non-hydrogen) atoms. The van der Waals surface area contributed by atoms with Gasteiger partial charge in [-0.15, -0.1) is 0 Å². The van der Waals surface area contributed by atoms with E-state index in [2.05, 4.69) is 52.2 Å². The van der Waals surface area contributed by atoms with Crippen molar-refractivity contribution in [1.82, 2.24) is 10.6 Å². The molecule has 0 radical (unpaired) electrons. The Bertz CT molecular complexity index is 324. The maximum absolute atomic E-state index is 4.09. The van der Waals surface area contributed by atoms with Gasteiger partial charge in [0.15, 0.2) is 0 Å². The maximum Gasteiger partial charge on any atom is 0.0203 e. The van der Waals surface area contributed by atoms with Crippen LogP contribution in [0, 0.1) is 0 Å². The molecule has 0 unspecified atom stereocenters. The van der Waals surface area contributed by atoms with Crippen LogP contribution in [-0.4, -0.2) is 22.2 Å². The molecule has 2 aliphatic rings. The van der Waals surface area contributed by atoms with Crippen LogP contribution in [0.1, 0.15) is 112 Å². The van der Waals surface area contributed by atoms with E-state index in [9.17, 15) is 0 Å². The van der Waals surface area contributed by atoms with Crippen molar-refractivity contribution in [3.63, 3.8) is 0 Å². The van der Waals surface area contributed by atoms with Gasteiger partial charge in [-0.25, -0.2) is 0 Å². The van der Waals surface area contributed by atoms with E-state index in [0.717, 1.165) is 0 Å². The average Bonchev–Trinajstić information content (AvgIpc) is 2.35. The monoisotopic (exact) mass is 322 g/mol. The second-order valence-electron chi connectivity index (χ2n) is 10.6. The second-order valence-corrected chi connectivity index (χ2v) is 10.6. The summed E-state index contributed by atoms with van der Waals surface area (Å²) in [6, 6.07) is 0. The molecule has 136 valence electrons. The number of rotatable bonds is 4. The molecule has 0 spiro atoms. The van der Waals surface area contributed by atoms with Crippen LogP contribution in [0.3, 0.4) is 0 Å². The predicted molar refractivity (Wildman–Crippen MR) is 102 cm³/mol. The predicted octanol–water partition coefficient (Wildman–Crippen LogP) is 5.56. The van der Waals surface area contributed by atoms with Crippen LogP contribution in [0.5, 0.6) is 0 Å². The molecule has 2 nitrogen and oxygen atoms in total. The van der Waals surface area contributed by atoms with Gasteiger partial charge in [0.25, 0.3) is 0 Å². The SMILES string of the molecule is CC(C)(C)NC1(CC2(NC(C)(C)C)CCCCC2)CCCCC1. The van der Waals surface area contributed by atoms with Gasteiger partial charge in [-0.05, 0) is 73.6 Å². The highest BCUT2D eigenvalue weighted by Crippen LogP contribution is 2.42. The van der Waals surface area contributed by atoms with E-state index >= 15 is 0 Å². The molecule has 2 N–H and O–H groups in total. The molecule has 2 saturated carbocycles. The highest BCUT2D eigenvalue weighted by molar-refractivity contribution is 5.05. The van der Waals surface area contributed by atoms with Crippen LogP contribution in [0.15, 0.2) is 0 Å². The van der Waals surface area contributed by atoms with Crippen molar-refractivity contribution < 1.29 is 0 Å². The van der Waals surface area contributed by atoms with E-state index in [0.29, 0.717) is 11.1 Å². The lowest BCUT2D eigenvalue weighted by molar-refractivity contribution is 0.0791. The molecular weight excluding hydrogens is 280 g/mol. The Morgan fingerprint density at radius 2 is 0.870 bits per heavy atom.